The maximum absolute atomic E-state index is 9.43. The fraction of sp³-hybridized carbons (Fsp3) is 0.111. The first-order valence-electron chi connectivity index (χ1n) is 6.93. The Kier molecular flexibility index (Phi) is 3.63. The number of aryl methyl sites for hydroxylation is 1. The number of ether oxygens (including phenoxy) is 1. The molecule has 1 heterocycles. The summed E-state index contributed by atoms with van der Waals surface area (Å²) in [5.41, 5.74) is 4.24. The van der Waals surface area contributed by atoms with Crippen molar-refractivity contribution in [2.75, 3.05) is 7.11 Å². The first-order chi connectivity index (χ1) is 10.7. The van der Waals surface area contributed by atoms with Crippen LogP contribution in [0.25, 0.3) is 22.7 Å². The average Bonchev–Trinajstić information content (AvgIpc) is 2.96. The van der Waals surface area contributed by atoms with E-state index in [1.807, 2.05) is 55.5 Å². The summed E-state index contributed by atoms with van der Waals surface area (Å²) in [4.78, 5) is 7.64. The number of nitriles is 1. The summed E-state index contributed by atoms with van der Waals surface area (Å²) in [6, 6.07) is 15.7. The van der Waals surface area contributed by atoms with Gasteiger partial charge in [0.05, 0.1) is 23.7 Å². The van der Waals surface area contributed by atoms with Gasteiger partial charge in [-0.2, -0.15) is 5.26 Å². The van der Waals surface area contributed by atoms with Gasteiger partial charge in [-0.3, -0.25) is 0 Å². The summed E-state index contributed by atoms with van der Waals surface area (Å²) < 4.78 is 5.25. The smallest absolute Gasteiger partial charge is 0.149 e. The molecule has 2 aromatic carbocycles. The Labute approximate surface area is 128 Å². The lowest BCUT2D eigenvalue weighted by molar-refractivity contribution is 0.411. The number of allylic oxidation sites excluding steroid dienone is 1. The summed E-state index contributed by atoms with van der Waals surface area (Å²) in [6.45, 7) is 1.98. The summed E-state index contributed by atoms with van der Waals surface area (Å²) in [7, 11) is 1.65. The molecular formula is C18H15N3O. The van der Waals surface area contributed by atoms with E-state index in [9.17, 15) is 5.26 Å². The van der Waals surface area contributed by atoms with E-state index in [0.29, 0.717) is 11.4 Å². The van der Waals surface area contributed by atoms with E-state index in [1.165, 1.54) is 0 Å². The van der Waals surface area contributed by atoms with E-state index in [4.69, 9.17) is 4.74 Å². The van der Waals surface area contributed by atoms with E-state index in [0.717, 1.165) is 27.9 Å². The molecule has 0 saturated carbocycles. The zero-order valence-corrected chi connectivity index (χ0v) is 12.4. The Morgan fingerprint density at radius 1 is 1.27 bits per heavy atom. The zero-order valence-electron chi connectivity index (χ0n) is 12.4. The number of nitrogens with one attached hydrogen (secondary N) is 1. The summed E-state index contributed by atoms with van der Waals surface area (Å²) in [6.07, 6.45) is 1.82. The van der Waals surface area contributed by atoms with Gasteiger partial charge in [0.1, 0.15) is 17.6 Å². The number of rotatable bonds is 3. The van der Waals surface area contributed by atoms with Gasteiger partial charge in [-0.25, -0.2) is 4.98 Å². The van der Waals surface area contributed by atoms with Gasteiger partial charge >= 0.3 is 0 Å². The quantitative estimate of drug-likeness (QED) is 0.743. The van der Waals surface area contributed by atoms with Crippen LogP contribution in [0.5, 0.6) is 5.75 Å². The van der Waals surface area contributed by atoms with Gasteiger partial charge in [0.2, 0.25) is 0 Å². The van der Waals surface area contributed by atoms with Crippen molar-refractivity contribution in [2.45, 2.75) is 6.92 Å². The number of nitrogens with zero attached hydrogens (tertiary/aromatic N) is 2. The predicted octanol–water partition coefficient (Wildman–Crippen LogP) is 3.94. The van der Waals surface area contributed by atoms with Crippen molar-refractivity contribution in [1.29, 1.82) is 5.26 Å². The number of aromatic amines is 1. The minimum atomic E-state index is 0.501. The van der Waals surface area contributed by atoms with Crippen LogP contribution in [0.1, 0.15) is 17.0 Å². The van der Waals surface area contributed by atoms with Crippen molar-refractivity contribution in [3.05, 3.63) is 59.4 Å². The number of imidazole rings is 1. The average molecular weight is 289 g/mol. The molecule has 3 rings (SSSR count). The van der Waals surface area contributed by atoms with Crippen molar-refractivity contribution in [3.8, 4) is 11.8 Å². The molecule has 1 N–H and O–H groups in total. The number of para-hydroxylation sites is 2. The van der Waals surface area contributed by atoms with Gasteiger partial charge in [-0.05, 0) is 48.4 Å². The molecule has 0 unspecified atom stereocenters. The highest BCUT2D eigenvalue weighted by Crippen LogP contribution is 2.23. The standard InChI is InChI=1S/C18H15N3O/c1-12-9-13(7-8-17(12)22-2)10-14(11-19)18-20-15-5-3-4-6-16(15)21-18/h3-10H,1-2H3,(H,20,21)/b14-10+. The number of aromatic nitrogens is 2. The topological polar surface area (TPSA) is 61.7 Å². The molecule has 0 aliphatic rings. The molecule has 22 heavy (non-hydrogen) atoms. The van der Waals surface area contributed by atoms with Crippen LogP contribution in [0.15, 0.2) is 42.5 Å². The van der Waals surface area contributed by atoms with E-state index in [-0.39, 0.29) is 0 Å². The maximum Gasteiger partial charge on any atom is 0.149 e. The highest BCUT2D eigenvalue weighted by molar-refractivity contribution is 5.90. The van der Waals surface area contributed by atoms with Crippen LogP contribution in [-0.2, 0) is 0 Å². The third-order valence-electron chi connectivity index (χ3n) is 3.49. The van der Waals surface area contributed by atoms with Crippen molar-refractivity contribution in [3.63, 3.8) is 0 Å². The fourth-order valence-corrected chi connectivity index (χ4v) is 2.39. The van der Waals surface area contributed by atoms with E-state index >= 15 is 0 Å². The van der Waals surface area contributed by atoms with Crippen LogP contribution >= 0.6 is 0 Å². The van der Waals surface area contributed by atoms with Gasteiger partial charge in [0.25, 0.3) is 0 Å². The van der Waals surface area contributed by atoms with Gasteiger partial charge in [-0.15, -0.1) is 0 Å². The number of H-pyrrole nitrogens is 1. The molecule has 0 amide bonds. The second-order valence-electron chi connectivity index (χ2n) is 5.00. The summed E-state index contributed by atoms with van der Waals surface area (Å²) in [5, 5.41) is 9.43. The molecule has 0 fully saturated rings. The molecule has 4 nitrogen and oxygen atoms in total. The number of fused-ring (bicyclic) bond motifs is 1. The second kappa shape index (κ2) is 5.74. The van der Waals surface area contributed by atoms with Crippen LogP contribution in [0, 0.1) is 18.3 Å². The van der Waals surface area contributed by atoms with Crippen molar-refractivity contribution >= 4 is 22.7 Å². The van der Waals surface area contributed by atoms with Crippen LogP contribution < -0.4 is 4.74 Å². The van der Waals surface area contributed by atoms with Gasteiger partial charge in [0.15, 0.2) is 0 Å². The van der Waals surface area contributed by atoms with Crippen molar-refractivity contribution in [2.24, 2.45) is 0 Å². The largest absolute Gasteiger partial charge is 0.496 e. The summed E-state index contributed by atoms with van der Waals surface area (Å²) >= 11 is 0. The van der Waals surface area contributed by atoms with E-state index < -0.39 is 0 Å². The lowest BCUT2D eigenvalue weighted by Gasteiger charge is -2.05. The molecular weight excluding hydrogens is 274 g/mol. The van der Waals surface area contributed by atoms with Gasteiger partial charge < -0.3 is 9.72 Å². The lowest BCUT2D eigenvalue weighted by Crippen LogP contribution is -1.88. The molecule has 0 saturated heterocycles. The molecule has 4 heteroatoms. The van der Waals surface area contributed by atoms with Crippen molar-refractivity contribution < 1.29 is 4.74 Å². The van der Waals surface area contributed by atoms with E-state index in [2.05, 4.69) is 16.0 Å². The fourth-order valence-electron chi connectivity index (χ4n) is 2.39. The third kappa shape index (κ3) is 2.57. The molecule has 0 radical (unpaired) electrons. The highest BCUT2D eigenvalue weighted by atomic mass is 16.5. The molecule has 0 aliphatic heterocycles. The predicted molar refractivity (Wildman–Crippen MR) is 87.3 cm³/mol. The van der Waals surface area contributed by atoms with Crippen LogP contribution in [0.2, 0.25) is 0 Å². The first-order valence-corrected chi connectivity index (χ1v) is 6.93. The summed E-state index contributed by atoms with van der Waals surface area (Å²) in [5.74, 6) is 1.41. The van der Waals surface area contributed by atoms with Crippen molar-refractivity contribution in [1.82, 2.24) is 9.97 Å². The third-order valence-corrected chi connectivity index (χ3v) is 3.49. The van der Waals surface area contributed by atoms with Gasteiger partial charge in [-0.1, -0.05) is 18.2 Å². The normalized spacial score (nSPS) is 11.4. The maximum atomic E-state index is 9.43. The second-order valence-corrected chi connectivity index (χ2v) is 5.00. The van der Waals surface area contributed by atoms with Crippen LogP contribution in [-0.4, -0.2) is 17.1 Å². The van der Waals surface area contributed by atoms with Crippen LogP contribution in [0.3, 0.4) is 0 Å². The van der Waals surface area contributed by atoms with Gasteiger partial charge in [0, 0.05) is 0 Å². The molecule has 0 bridgehead atoms. The lowest BCUT2D eigenvalue weighted by atomic mass is 10.1. The SMILES string of the molecule is COc1ccc(/C=C(\C#N)c2nc3ccccc3[nH]2)cc1C. The molecule has 0 spiro atoms. The number of hydrogen-bond acceptors (Lipinski definition) is 3. The Balaban J connectivity index is 2.03. The minimum Gasteiger partial charge on any atom is -0.496 e. The molecule has 3 aromatic rings. The Morgan fingerprint density at radius 2 is 2.09 bits per heavy atom. The monoisotopic (exact) mass is 289 g/mol. The van der Waals surface area contributed by atoms with Crippen LogP contribution in [0.4, 0.5) is 0 Å². The molecule has 108 valence electrons. The molecule has 1 aromatic heterocycles. The minimum absolute atomic E-state index is 0.501. The number of benzene rings is 2. The zero-order chi connectivity index (χ0) is 15.5. The first kappa shape index (κ1) is 13.9. The highest BCUT2D eigenvalue weighted by Gasteiger charge is 2.08. The Bertz CT molecular complexity index is 867. The molecule has 0 atom stereocenters. The Hall–Kier alpha value is -3.06. The number of methoxy groups -OCH3 is 1. The number of hydrogen-bond donors (Lipinski definition) is 1. The molecule has 0 aliphatic carbocycles. The Morgan fingerprint density at radius 3 is 2.77 bits per heavy atom. The van der Waals surface area contributed by atoms with E-state index in [1.54, 1.807) is 7.11 Å².